The van der Waals surface area contributed by atoms with Gasteiger partial charge < -0.3 is 19.7 Å². The maximum Gasteiger partial charge on any atom is 0.224 e. The molecule has 160 valence electrons. The lowest BCUT2D eigenvalue weighted by atomic mass is 10.1. The monoisotopic (exact) mass is 410 g/mol. The summed E-state index contributed by atoms with van der Waals surface area (Å²) < 4.78 is 11.0. The Bertz CT molecular complexity index is 879. The van der Waals surface area contributed by atoms with Crippen LogP contribution in [0.2, 0.25) is 0 Å². The highest BCUT2D eigenvalue weighted by atomic mass is 16.5. The number of nitrogens with one attached hydrogen (secondary N) is 1. The summed E-state index contributed by atoms with van der Waals surface area (Å²) in [6.45, 7) is 6.35. The molecule has 6 nitrogen and oxygen atoms in total. The van der Waals surface area contributed by atoms with Crippen molar-refractivity contribution < 1.29 is 19.1 Å². The quantitative estimate of drug-likeness (QED) is 0.485. The molecular formula is C24H30N2O4. The summed E-state index contributed by atoms with van der Waals surface area (Å²) in [4.78, 5) is 26.1. The van der Waals surface area contributed by atoms with Crippen LogP contribution in [0.5, 0.6) is 11.5 Å². The van der Waals surface area contributed by atoms with Gasteiger partial charge in [-0.25, -0.2) is 0 Å². The zero-order valence-corrected chi connectivity index (χ0v) is 17.9. The highest BCUT2D eigenvalue weighted by Crippen LogP contribution is 2.28. The van der Waals surface area contributed by atoms with Gasteiger partial charge in [0.05, 0.1) is 13.7 Å². The van der Waals surface area contributed by atoms with E-state index in [0.29, 0.717) is 36.5 Å². The molecule has 1 aliphatic rings. The van der Waals surface area contributed by atoms with Crippen molar-refractivity contribution in [1.82, 2.24) is 0 Å². The van der Waals surface area contributed by atoms with Crippen molar-refractivity contribution in [3.05, 3.63) is 48.0 Å². The number of ether oxygens (including phenoxy) is 2. The molecule has 1 atom stereocenters. The van der Waals surface area contributed by atoms with Gasteiger partial charge >= 0.3 is 0 Å². The number of anilines is 2. The summed E-state index contributed by atoms with van der Waals surface area (Å²) in [7, 11) is 1.54. The van der Waals surface area contributed by atoms with Crippen molar-refractivity contribution >= 4 is 23.1 Å². The number of carbonyl (C=O) groups is 2. The highest BCUT2D eigenvalue weighted by Gasteiger charge is 2.18. The van der Waals surface area contributed by atoms with Gasteiger partial charge in [0, 0.05) is 36.4 Å². The first-order chi connectivity index (χ1) is 14.5. The van der Waals surface area contributed by atoms with Gasteiger partial charge in [0.15, 0.2) is 17.3 Å². The molecule has 1 unspecified atom stereocenters. The van der Waals surface area contributed by atoms with Crippen molar-refractivity contribution in [1.29, 1.82) is 0 Å². The summed E-state index contributed by atoms with van der Waals surface area (Å²) in [6.07, 6.45) is 2.17. The minimum atomic E-state index is -0.0416. The second-order valence-electron chi connectivity index (χ2n) is 7.81. The van der Waals surface area contributed by atoms with Crippen LogP contribution in [-0.2, 0) is 4.79 Å². The fourth-order valence-electron chi connectivity index (χ4n) is 3.57. The molecule has 0 aromatic heterocycles. The second-order valence-corrected chi connectivity index (χ2v) is 7.81. The minimum absolute atomic E-state index is 0.0282. The number of methoxy groups -OCH3 is 1. The largest absolute Gasteiger partial charge is 0.493 e. The zero-order valence-electron chi connectivity index (χ0n) is 17.9. The van der Waals surface area contributed by atoms with Crippen LogP contribution in [0.3, 0.4) is 0 Å². The number of hydrogen-bond acceptors (Lipinski definition) is 5. The van der Waals surface area contributed by atoms with Crippen molar-refractivity contribution in [3.63, 3.8) is 0 Å². The first-order valence-corrected chi connectivity index (χ1v) is 10.4. The van der Waals surface area contributed by atoms with Gasteiger partial charge in [-0.05, 0) is 68.1 Å². The Balaban J connectivity index is 1.42. The topological polar surface area (TPSA) is 67.9 Å². The Hall–Kier alpha value is -3.02. The van der Waals surface area contributed by atoms with Gasteiger partial charge in [-0.1, -0.05) is 6.92 Å². The number of Topliss-reactive ketones (excluding diaryl/α,β-unsaturated/α-hetero) is 1. The van der Waals surface area contributed by atoms with Gasteiger partial charge in [0.1, 0.15) is 0 Å². The van der Waals surface area contributed by atoms with Gasteiger partial charge in [0.25, 0.3) is 0 Å². The van der Waals surface area contributed by atoms with Crippen molar-refractivity contribution in [2.45, 2.75) is 33.1 Å². The number of carbonyl (C=O) groups excluding carboxylic acids is 2. The average molecular weight is 411 g/mol. The third-order valence-corrected chi connectivity index (χ3v) is 5.32. The lowest BCUT2D eigenvalue weighted by Crippen LogP contribution is -2.19. The van der Waals surface area contributed by atoms with E-state index in [2.05, 4.69) is 29.3 Å². The van der Waals surface area contributed by atoms with E-state index in [4.69, 9.17) is 9.47 Å². The van der Waals surface area contributed by atoms with Gasteiger partial charge in [0.2, 0.25) is 5.91 Å². The van der Waals surface area contributed by atoms with Crippen LogP contribution in [0.25, 0.3) is 0 Å². The molecule has 1 fully saturated rings. The number of hydrogen-bond donors (Lipinski definition) is 1. The Morgan fingerprint density at radius 2 is 1.90 bits per heavy atom. The smallest absolute Gasteiger partial charge is 0.224 e. The molecule has 1 N–H and O–H groups in total. The summed E-state index contributed by atoms with van der Waals surface area (Å²) in [6, 6.07) is 13.1. The molecule has 6 heteroatoms. The van der Waals surface area contributed by atoms with Crippen LogP contribution in [0, 0.1) is 5.92 Å². The van der Waals surface area contributed by atoms with Crippen LogP contribution >= 0.6 is 0 Å². The Labute approximate surface area is 178 Å². The first-order valence-electron chi connectivity index (χ1n) is 10.4. The molecule has 2 aromatic rings. The van der Waals surface area contributed by atoms with E-state index in [0.717, 1.165) is 24.7 Å². The molecule has 1 amide bonds. The van der Waals surface area contributed by atoms with E-state index in [1.165, 1.54) is 26.1 Å². The normalized spacial score (nSPS) is 15.7. The number of ketones is 1. The molecule has 0 radical (unpaired) electrons. The number of nitrogens with zero attached hydrogens (tertiary/aromatic N) is 1. The highest BCUT2D eigenvalue weighted by molar-refractivity contribution is 5.94. The summed E-state index contributed by atoms with van der Waals surface area (Å²) in [5, 5.41) is 2.93. The summed E-state index contributed by atoms with van der Waals surface area (Å²) >= 11 is 0. The fraction of sp³-hybridized carbons (Fsp3) is 0.417. The van der Waals surface area contributed by atoms with Crippen LogP contribution < -0.4 is 19.7 Å². The van der Waals surface area contributed by atoms with E-state index in [-0.39, 0.29) is 11.7 Å². The van der Waals surface area contributed by atoms with E-state index in [1.807, 2.05) is 12.1 Å². The Kier molecular flexibility index (Phi) is 7.33. The van der Waals surface area contributed by atoms with E-state index in [9.17, 15) is 9.59 Å². The Morgan fingerprint density at radius 3 is 2.53 bits per heavy atom. The third kappa shape index (κ3) is 5.75. The fourth-order valence-corrected chi connectivity index (χ4v) is 3.57. The number of rotatable bonds is 9. The molecule has 1 saturated heterocycles. The van der Waals surface area contributed by atoms with E-state index >= 15 is 0 Å². The zero-order chi connectivity index (χ0) is 21.5. The van der Waals surface area contributed by atoms with Crippen LogP contribution in [0.15, 0.2) is 42.5 Å². The second kappa shape index (κ2) is 10.1. The van der Waals surface area contributed by atoms with Crippen LogP contribution in [0.1, 0.15) is 43.5 Å². The molecule has 0 aliphatic carbocycles. The minimum Gasteiger partial charge on any atom is -0.493 e. The maximum absolute atomic E-state index is 12.2. The van der Waals surface area contributed by atoms with Crippen LogP contribution in [-0.4, -0.2) is 38.5 Å². The van der Waals surface area contributed by atoms with Crippen molar-refractivity contribution in [2.75, 3.05) is 37.0 Å². The van der Waals surface area contributed by atoms with Gasteiger partial charge in [-0.3, -0.25) is 9.59 Å². The average Bonchev–Trinajstić information content (AvgIpc) is 3.18. The maximum atomic E-state index is 12.2. The molecular weight excluding hydrogens is 380 g/mol. The lowest BCUT2D eigenvalue weighted by molar-refractivity contribution is -0.116. The SMILES string of the molecule is COc1cc(C(C)=O)ccc1OCCCC(=O)Nc1ccc(N2CCC(C)C2)cc1. The molecule has 0 saturated carbocycles. The third-order valence-electron chi connectivity index (χ3n) is 5.32. The van der Waals surface area contributed by atoms with E-state index in [1.54, 1.807) is 18.2 Å². The molecule has 1 aliphatic heterocycles. The Morgan fingerprint density at radius 1 is 1.13 bits per heavy atom. The molecule has 3 rings (SSSR count). The molecule has 30 heavy (non-hydrogen) atoms. The molecule has 0 spiro atoms. The first kappa shape index (κ1) is 21.7. The van der Waals surface area contributed by atoms with Gasteiger partial charge in [-0.15, -0.1) is 0 Å². The van der Waals surface area contributed by atoms with Gasteiger partial charge in [-0.2, -0.15) is 0 Å². The number of amides is 1. The standard InChI is InChI=1S/C24H30N2O4/c1-17-12-13-26(16-17)21-9-7-20(8-10-21)25-24(28)5-4-14-30-22-11-6-19(18(2)27)15-23(22)29-3/h6-11,15,17H,4-5,12-14,16H2,1-3H3,(H,25,28). The van der Waals surface area contributed by atoms with Crippen molar-refractivity contribution in [3.8, 4) is 11.5 Å². The van der Waals surface area contributed by atoms with Crippen LogP contribution in [0.4, 0.5) is 11.4 Å². The molecule has 1 heterocycles. The van der Waals surface area contributed by atoms with Crippen molar-refractivity contribution in [2.24, 2.45) is 5.92 Å². The number of benzene rings is 2. The molecule has 0 bridgehead atoms. The molecule has 2 aromatic carbocycles. The summed E-state index contributed by atoms with van der Waals surface area (Å²) in [5.41, 5.74) is 2.58. The lowest BCUT2D eigenvalue weighted by Gasteiger charge is -2.18. The summed E-state index contributed by atoms with van der Waals surface area (Å²) in [5.74, 6) is 1.74. The predicted octanol–water partition coefficient (Wildman–Crippen LogP) is 4.54. The predicted molar refractivity (Wildman–Crippen MR) is 119 cm³/mol. The van der Waals surface area contributed by atoms with E-state index < -0.39 is 0 Å².